The van der Waals surface area contributed by atoms with Crippen LogP contribution >= 0.6 is 24.0 Å². The Kier molecular flexibility index (Phi) is 18.4. The summed E-state index contributed by atoms with van der Waals surface area (Å²) in [5, 5.41) is 6.64. The first kappa shape index (κ1) is 28.1. The van der Waals surface area contributed by atoms with Gasteiger partial charge in [-0.05, 0) is 46.3 Å². The van der Waals surface area contributed by atoms with Crippen LogP contribution in [0.2, 0.25) is 0 Å². The second-order valence-electron chi connectivity index (χ2n) is 6.22. The van der Waals surface area contributed by atoms with Crippen molar-refractivity contribution in [1.29, 1.82) is 0 Å². The van der Waals surface area contributed by atoms with Crippen molar-refractivity contribution in [3.63, 3.8) is 0 Å². The van der Waals surface area contributed by atoms with Crippen LogP contribution in [-0.2, 0) is 14.6 Å². The molecule has 0 radical (unpaired) electrons. The van der Waals surface area contributed by atoms with Crippen LogP contribution in [0, 0.1) is 0 Å². The predicted molar refractivity (Wildman–Crippen MR) is 122 cm³/mol. The van der Waals surface area contributed by atoms with E-state index in [1.807, 2.05) is 6.92 Å². The van der Waals surface area contributed by atoms with Gasteiger partial charge in [0.25, 0.3) is 0 Å². The van der Waals surface area contributed by atoms with Gasteiger partial charge in [-0.2, -0.15) is 0 Å². The molecule has 26 heavy (non-hydrogen) atoms. The van der Waals surface area contributed by atoms with Gasteiger partial charge in [-0.25, -0.2) is 8.42 Å². The molecule has 9 heteroatoms. The van der Waals surface area contributed by atoms with Gasteiger partial charge in [0, 0.05) is 18.8 Å². The van der Waals surface area contributed by atoms with Gasteiger partial charge in [0.15, 0.2) is 5.96 Å². The van der Waals surface area contributed by atoms with Gasteiger partial charge < -0.3 is 20.3 Å². The number of nitrogens with one attached hydrogen (secondary N) is 2. The van der Waals surface area contributed by atoms with Crippen LogP contribution < -0.4 is 10.6 Å². The molecule has 0 saturated carbocycles. The number of guanidine groups is 1. The highest BCUT2D eigenvalue weighted by Crippen LogP contribution is 1.99. The van der Waals surface area contributed by atoms with Crippen LogP contribution in [0.15, 0.2) is 4.99 Å². The highest BCUT2D eigenvalue weighted by molar-refractivity contribution is 14.0. The fourth-order valence-electron chi connectivity index (χ4n) is 2.32. The molecular weight excluding hydrogens is 467 g/mol. The maximum atomic E-state index is 11.0. The predicted octanol–water partition coefficient (Wildman–Crippen LogP) is 1.73. The quantitative estimate of drug-likeness (QED) is 0.162. The van der Waals surface area contributed by atoms with Gasteiger partial charge in [-0.15, -0.1) is 24.0 Å². The van der Waals surface area contributed by atoms with Crippen molar-refractivity contribution in [3.8, 4) is 0 Å². The fourth-order valence-corrected chi connectivity index (χ4v) is 2.74. The molecule has 158 valence electrons. The average Bonchev–Trinajstić information content (AvgIpc) is 2.54. The largest absolute Gasteiger partial charge is 0.378 e. The molecule has 0 aromatic rings. The molecule has 0 spiro atoms. The summed E-state index contributed by atoms with van der Waals surface area (Å²) in [6, 6.07) is 0.347. The van der Waals surface area contributed by atoms with Crippen LogP contribution in [0.1, 0.15) is 40.5 Å². The topological polar surface area (TPSA) is 83.0 Å². The molecule has 0 bridgehead atoms. The number of rotatable bonds is 14. The Morgan fingerprint density at radius 1 is 1.19 bits per heavy atom. The molecule has 2 N–H and O–H groups in total. The minimum atomic E-state index is -2.96. The van der Waals surface area contributed by atoms with Crippen molar-refractivity contribution in [2.45, 2.75) is 46.6 Å². The molecule has 0 heterocycles. The molecule has 1 atom stereocenters. The van der Waals surface area contributed by atoms with Crippen LogP contribution in [0.5, 0.6) is 0 Å². The molecule has 0 aliphatic heterocycles. The number of hydrogen-bond acceptors (Lipinski definition) is 5. The Bertz CT molecular complexity index is 457. The Hall–Kier alpha value is -0.130. The lowest BCUT2D eigenvalue weighted by molar-refractivity contribution is 0.157. The Morgan fingerprint density at radius 2 is 1.85 bits per heavy atom. The van der Waals surface area contributed by atoms with Crippen LogP contribution in [0.3, 0.4) is 0 Å². The van der Waals surface area contributed by atoms with Crippen molar-refractivity contribution in [2.75, 3.05) is 57.9 Å². The second kappa shape index (κ2) is 17.0. The molecule has 0 amide bonds. The molecule has 0 saturated heterocycles. The van der Waals surface area contributed by atoms with E-state index in [1.54, 1.807) is 0 Å². The lowest BCUT2D eigenvalue weighted by Gasteiger charge is -2.21. The molecule has 0 aliphatic carbocycles. The number of halogens is 1. The van der Waals surface area contributed by atoms with Gasteiger partial charge in [-0.1, -0.05) is 13.8 Å². The molecule has 1 unspecified atom stereocenters. The molecule has 0 aliphatic rings. The zero-order chi connectivity index (χ0) is 19.1. The third-order valence-corrected chi connectivity index (χ3v) is 4.75. The lowest BCUT2D eigenvalue weighted by atomic mass is 10.2. The third kappa shape index (κ3) is 17.3. The van der Waals surface area contributed by atoms with E-state index in [1.165, 1.54) is 6.26 Å². The van der Waals surface area contributed by atoms with Crippen molar-refractivity contribution in [2.24, 2.45) is 4.99 Å². The first-order valence-electron chi connectivity index (χ1n) is 9.35. The minimum absolute atomic E-state index is 0. The van der Waals surface area contributed by atoms with E-state index < -0.39 is 9.84 Å². The molecule has 0 aromatic heterocycles. The lowest BCUT2D eigenvalue weighted by Crippen LogP contribution is -2.42. The highest BCUT2D eigenvalue weighted by Gasteiger charge is 2.06. The van der Waals surface area contributed by atoms with Crippen molar-refractivity contribution in [1.82, 2.24) is 15.5 Å². The van der Waals surface area contributed by atoms with Crippen molar-refractivity contribution >= 4 is 39.8 Å². The zero-order valence-corrected chi connectivity index (χ0v) is 20.2. The third-order valence-electron chi connectivity index (χ3n) is 3.84. The van der Waals surface area contributed by atoms with Crippen LogP contribution in [-0.4, -0.2) is 83.3 Å². The van der Waals surface area contributed by atoms with Gasteiger partial charge in [0.05, 0.1) is 25.5 Å². The van der Waals surface area contributed by atoms with E-state index in [0.29, 0.717) is 19.2 Å². The number of ether oxygens (including phenoxy) is 1. The first-order chi connectivity index (χ1) is 11.8. The minimum Gasteiger partial charge on any atom is -0.378 e. The monoisotopic (exact) mass is 506 g/mol. The van der Waals surface area contributed by atoms with Gasteiger partial charge >= 0.3 is 0 Å². The second-order valence-corrected chi connectivity index (χ2v) is 8.48. The summed E-state index contributed by atoms with van der Waals surface area (Å²) >= 11 is 0. The molecule has 0 aromatic carbocycles. The summed E-state index contributed by atoms with van der Waals surface area (Å²) in [5.74, 6) is 0.836. The van der Waals surface area contributed by atoms with E-state index in [-0.39, 0.29) is 36.3 Å². The van der Waals surface area contributed by atoms with Gasteiger partial charge in [0.1, 0.15) is 9.84 Å². The first-order valence-corrected chi connectivity index (χ1v) is 11.4. The SMILES string of the molecule is CCNC(=NCCOCCS(C)(=O)=O)NC(C)CCCN(CC)CC.I. The summed E-state index contributed by atoms with van der Waals surface area (Å²) in [6.07, 6.45) is 3.46. The van der Waals surface area contributed by atoms with Crippen LogP contribution in [0.4, 0.5) is 0 Å². The molecule has 7 nitrogen and oxygen atoms in total. The van der Waals surface area contributed by atoms with E-state index in [4.69, 9.17) is 4.74 Å². The standard InChI is InChI=1S/C17H38N4O3S.HI/c1-6-18-17(19-11-13-24-14-15-25(5,22)23)20-16(4)10-9-12-21(7-2)8-3;/h16H,6-15H2,1-5H3,(H2,18,19,20);1H. The van der Waals surface area contributed by atoms with E-state index in [9.17, 15) is 8.42 Å². The maximum Gasteiger partial charge on any atom is 0.191 e. The molecular formula is C17H39IN4O3S. The van der Waals surface area contributed by atoms with Gasteiger partial charge in [-0.3, -0.25) is 4.99 Å². The van der Waals surface area contributed by atoms with Crippen molar-refractivity contribution in [3.05, 3.63) is 0 Å². The average molecular weight is 506 g/mol. The zero-order valence-electron chi connectivity index (χ0n) is 17.1. The van der Waals surface area contributed by atoms with E-state index >= 15 is 0 Å². The normalized spacial score (nSPS) is 13.4. The molecule has 0 rings (SSSR count). The molecule has 0 fully saturated rings. The summed E-state index contributed by atoms with van der Waals surface area (Å²) in [6.45, 7) is 13.9. The van der Waals surface area contributed by atoms with E-state index in [0.717, 1.165) is 45.0 Å². The number of sulfone groups is 1. The maximum absolute atomic E-state index is 11.0. The highest BCUT2D eigenvalue weighted by atomic mass is 127. The van der Waals surface area contributed by atoms with Crippen LogP contribution in [0.25, 0.3) is 0 Å². The number of hydrogen-bond donors (Lipinski definition) is 2. The number of aliphatic imine (C=N–C) groups is 1. The summed E-state index contributed by atoms with van der Waals surface area (Å²) in [4.78, 5) is 6.90. The van der Waals surface area contributed by atoms with Gasteiger partial charge in [0.2, 0.25) is 0 Å². The summed E-state index contributed by atoms with van der Waals surface area (Å²) < 4.78 is 27.3. The summed E-state index contributed by atoms with van der Waals surface area (Å²) in [7, 11) is -2.96. The van der Waals surface area contributed by atoms with E-state index in [2.05, 4.69) is 41.3 Å². The number of nitrogens with zero attached hydrogens (tertiary/aromatic N) is 2. The Balaban J connectivity index is 0. The van der Waals surface area contributed by atoms with Crippen molar-refractivity contribution < 1.29 is 13.2 Å². The smallest absolute Gasteiger partial charge is 0.191 e. The summed E-state index contributed by atoms with van der Waals surface area (Å²) in [5.41, 5.74) is 0. The Morgan fingerprint density at radius 3 is 2.38 bits per heavy atom. The Labute approximate surface area is 177 Å². The fraction of sp³-hybridized carbons (Fsp3) is 0.941.